The molecule has 2 aromatic carbocycles. The van der Waals surface area contributed by atoms with Gasteiger partial charge in [-0.15, -0.1) is 0 Å². The van der Waals surface area contributed by atoms with Crippen molar-refractivity contribution in [1.82, 2.24) is 10.1 Å². The van der Waals surface area contributed by atoms with E-state index in [0.717, 1.165) is 0 Å². The Bertz CT molecular complexity index is 1210. The molecule has 0 saturated carbocycles. The molecule has 2 heterocycles. The molecule has 156 valence electrons. The molecular formula is C19H18N4O6S. The predicted octanol–water partition coefficient (Wildman–Crippen LogP) is 2.11. The third-order valence-electron chi connectivity index (χ3n) is 4.37. The SMILES string of the molecule is COc1cccc(NS(=O)(=O)c2ccc3c(c2)N(Cc2noc(C)n2)C(=O)CO3)c1. The lowest BCUT2D eigenvalue weighted by Crippen LogP contribution is -2.38. The molecule has 4 rings (SSSR count). The zero-order chi connectivity index (χ0) is 21.3. The molecule has 11 heteroatoms. The van der Waals surface area contributed by atoms with Crippen LogP contribution in [-0.4, -0.2) is 38.2 Å². The molecule has 0 radical (unpaired) electrons. The van der Waals surface area contributed by atoms with E-state index in [9.17, 15) is 13.2 Å². The molecule has 0 saturated heterocycles. The van der Waals surface area contributed by atoms with Crippen LogP contribution in [0, 0.1) is 6.92 Å². The quantitative estimate of drug-likeness (QED) is 0.631. The molecule has 1 aliphatic heterocycles. The third kappa shape index (κ3) is 3.92. The molecule has 0 aliphatic carbocycles. The monoisotopic (exact) mass is 430 g/mol. The molecule has 3 aromatic rings. The number of hydrogen-bond donors (Lipinski definition) is 1. The first-order chi connectivity index (χ1) is 14.4. The van der Waals surface area contributed by atoms with Gasteiger partial charge in [-0.2, -0.15) is 4.98 Å². The van der Waals surface area contributed by atoms with Gasteiger partial charge in [0.2, 0.25) is 5.89 Å². The Morgan fingerprint density at radius 2 is 2.07 bits per heavy atom. The topological polar surface area (TPSA) is 124 Å². The molecule has 30 heavy (non-hydrogen) atoms. The summed E-state index contributed by atoms with van der Waals surface area (Å²) in [6.07, 6.45) is 0. The van der Waals surface area contributed by atoms with Crippen LogP contribution in [0.1, 0.15) is 11.7 Å². The fraction of sp³-hybridized carbons (Fsp3) is 0.211. The second-order valence-corrected chi connectivity index (χ2v) is 8.15. The van der Waals surface area contributed by atoms with Crippen molar-refractivity contribution in [2.45, 2.75) is 18.4 Å². The van der Waals surface area contributed by atoms with Gasteiger partial charge in [0, 0.05) is 13.0 Å². The van der Waals surface area contributed by atoms with Crippen LogP contribution in [0.15, 0.2) is 51.9 Å². The van der Waals surface area contributed by atoms with Crippen LogP contribution in [0.5, 0.6) is 11.5 Å². The standard InChI is InChI=1S/C19H18N4O6S/c1-12-20-18(21-29-12)10-23-16-9-15(6-7-17(16)28-11-19(23)24)30(25,26)22-13-4-3-5-14(8-13)27-2/h3-9,22H,10-11H2,1-2H3. The molecule has 0 fully saturated rings. The van der Waals surface area contributed by atoms with Crippen molar-refractivity contribution in [3.8, 4) is 11.5 Å². The van der Waals surface area contributed by atoms with Crippen LogP contribution in [0.4, 0.5) is 11.4 Å². The molecule has 1 N–H and O–H groups in total. The van der Waals surface area contributed by atoms with Gasteiger partial charge in [0.1, 0.15) is 11.5 Å². The van der Waals surface area contributed by atoms with Crippen LogP contribution in [0.3, 0.4) is 0 Å². The number of aromatic nitrogens is 2. The molecule has 1 amide bonds. The number of fused-ring (bicyclic) bond motifs is 1. The number of anilines is 2. The number of hydrogen-bond acceptors (Lipinski definition) is 8. The van der Waals surface area contributed by atoms with Gasteiger partial charge in [-0.05, 0) is 30.3 Å². The minimum atomic E-state index is -3.93. The van der Waals surface area contributed by atoms with Crippen LogP contribution in [0.2, 0.25) is 0 Å². The van der Waals surface area contributed by atoms with Gasteiger partial charge >= 0.3 is 0 Å². The minimum absolute atomic E-state index is 0.0271. The molecule has 0 bridgehead atoms. The average Bonchev–Trinajstić information content (AvgIpc) is 3.14. The van der Waals surface area contributed by atoms with Crippen molar-refractivity contribution in [2.24, 2.45) is 0 Å². The van der Waals surface area contributed by atoms with Crippen molar-refractivity contribution in [3.05, 3.63) is 54.2 Å². The lowest BCUT2D eigenvalue weighted by Gasteiger charge is -2.28. The molecule has 1 aliphatic rings. The number of nitrogens with zero attached hydrogens (tertiary/aromatic N) is 3. The van der Waals surface area contributed by atoms with Crippen LogP contribution in [-0.2, 0) is 21.4 Å². The fourth-order valence-electron chi connectivity index (χ4n) is 2.97. The summed E-state index contributed by atoms with van der Waals surface area (Å²) in [7, 11) is -2.44. The second-order valence-electron chi connectivity index (χ2n) is 6.47. The maximum atomic E-state index is 12.9. The largest absolute Gasteiger partial charge is 0.497 e. The van der Waals surface area contributed by atoms with E-state index in [1.54, 1.807) is 31.2 Å². The molecule has 10 nitrogen and oxygen atoms in total. The Kier molecular flexibility index (Phi) is 5.04. The number of benzene rings is 2. The molecule has 0 atom stereocenters. The Labute approximate surface area is 172 Å². The first kappa shape index (κ1) is 19.7. The zero-order valence-corrected chi connectivity index (χ0v) is 17.0. The number of rotatable bonds is 6. The van der Waals surface area contributed by atoms with Gasteiger partial charge in [0.25, 0.3) is 15.9 Å². The van der Waals surface area contributed by atoms with Crippen molar-refractivity contribution in [2.75, 3.05) is 23.3 Å². The lowest BCUT2D eigenvalue weighted by molar-refractivity contribution is -0.121. The number of ether oxygens (including phenoxy) is 2. The summed E-state index contributed by atoms with van der Waals surface area (Å²) in [6, 6.07) is 10.8. The molecule has 0 unspecified atom stereocenters. The normalized spacial score (nSPS) is 13.5. The lowest BCUT2D eigenvalue weighted by atomic mass is 10.2. The number of carbonyl (C=O) groups is 1. The third-order valence-corrected chi connectivity index (χ3v) is 5.75. The van der Waals surface area contributed by atoms with E-state index in [1.165, 1.54) is 30.2 Å². The smallest absolute Gasteiger partial charge is 0.265 e. The number of sulfonamides is 1. The summed E-state index contributed by atoms with van der Waals surface area (Å²) in [5.74, 6) is 1.22. The van der Waals surface area contributed by atoms with E-state index in [4.69, 9.17) is 14.0 Å². The van der Waals surface area contributed by atoms with Crippen molar-refractivity contribution < 1.29 is 27.2 Å². The van der Waals surface area contributed by atoms with Crippen LogP contribution in [0.25, 0.3) is 0 Å². The van der Waals surface area contributed by atoms with Crippen LogP contribution < -0.4 is 19.1 Å². The number of nitrogens with one attached hydrogen (secondary N) is 1. The number of methoxy groups -OCH3 is 1. The zero-order valence-electron chi connectivity index (χ0n) is 16.2. The first-order valence-corrected chi connectivity index (χ1v) is 10.4. The van der Waals surface area contributed by atoms with E-state index in [-0.39, 0.29) is 24.0 Å². The Morgan fingerprint density at radius 3 is 2.80 bits per heavy atom. The Balaban J connectivity index is 1.66. The highest BCUT2D eigenvalue weighted by Gasteiger charge is 2.29. The number of amides is 1. The van der Waals surface area contributed by atoms with Gasteiger partial charge in [-0.1, -0.05) is 11.2 Å². The first-order valence-electron chi connectivity index (χ1n) is 8.89. The number of aryl methyl sites for hydroxylation is 1. The highest BCUT2D eigenvalue weighted by atomic mass is 32.2. The minimum Gasteiger partial charge on any atom is -0.497 e. The molecule has 1 aromatic heterocycles. The fourth-order valence-corrected chi connectivity index (χ4v) is 4.04. The van der Waals surface area contributed by atoms with Crippen molar-refractivity contribution >= 4 is 27.3 Å². The van der Waals surface area contributed by atoms with Gasteiger partial charge in [0.15, 0.2) is 12.4 Å². The summed E-state index contributed by atoms with van der Waals surface area (Å²) in [4.78, 5) is 17.9. The molecule has 0 spiro atoms. The van der Waals surface area contributed by atoms with Crippen molar-refractivity contribution in [1.29, 1.82) is 0 Å². The maximum absolute atomic E-state index is 12.9. The van der Waals surface area contributed by atoms with E-state index >= 15 is 0 Å². The summed E-state index contributed by atoms with van der Waals surface area (Å²) in [5.41, 5.74) is 0.653. The van der Waals surface area contributed by atoms with Gasteiger partial charge in [-0.25, -0.2) is 8.42 Å². The van der Waals surface area contributed by atoms with E-state index in [1.807, 2.05) is 0 Å². The Hall–Kier alpha value is -3.60. The predicted molar refractivity (Wildman–Crippen MR) is 106 cm³/mol. The summed E-state index contributed by atoms with van der Waals surface area (Å²) in [6.45, 7) is 1.50. The van der Waals surface area contributed by atoms with E-state index in [2.05, 4.69) is 14.9 Å². The van der Waals surface area contributed by atoms with E-state index in [0.29, 0.717) is 34.6 Å². The molecular weight excluding hydrogens is 412 g/mol. The van der Waals surface area contributed by atoms with Gasteiger partial charge < -0.3 is 14.0 Å². The summed E-state index contributed by atoms with van der Waals surface area (Å²) >= 11 is 0. The van der Waals surface area contributed by atoms with Gasteiger partial charge in [0.05, 0.1) is 29.9 Å². The van der Waals surface area contributed by atoms with E-state index < -0.39 is 10.0 Å². The van der Waals surface area contributed by atoms with Crippen molar-refractivity contribution in [3.63, 3.8) is 0 Å². The second kappa shape index (κ2) is 7.67. The maximum Gasteiger partial charge on any atom is 0.265 e. The average molecular weight is 430 g/mol. The van der Waals surface area contributed by atoms with Gasteiger partial charge in [-0.3, -0.25) is 14.4 Å². The number of carbonyl (C=O) groups excluding carboxylic acids is 1. The highest BCUT2D eigenvalue weighted by Crippen LogP contribution is 2.35. The Morgan fingerprint density at radius 1 is 1.23 bits per heavy atom. The summed E-state index contributed by atoms with van der Waals surface area (Å²) < 4.78 is 43.8. The summed E-state index contributed by atoms with van der Waals surface area (Å²) in [5, 5.41) is 3.80. The highest BCUT2D eigenvalue weighted by molar-refractivity contribution is 7.92. The van der Waals surface area contributed by atoms with Crippen LogP contribution >= 0.6 is 0 Å².